The Balaban J connectivity index is 1.46. The van der Waals surface area contributed by atoms with Gasteiger partial charge < -0.3 is 4.90 Å². The van der Waals surface area contributed by atoms with Gasteiger partial charge in [-0.3, -0.25) is 14.8 Å². The van der Waals surface area contributed by atoms with Crippen LogP contribution in [0.15, 0.2) is 42.6 Å². The lowest BCUT2D eigenvalue weighted by Gasteiger charge is -2.51. The molecule has 2 heterocycles. The van der Waals surface area contributed by atoms with Crippen molar-refractivity contribution in [2.45, 2.75) is 64.6 Å². The van der Waals surface area contributed by atoms with E-state index in [4.69, 9.17) is 0 Å². The Kier molecular flexibility index (Phi) is 7.35. The molecule has 194 valence electrons. The molecule has 0 radical (unpaired) electrons. The maximum absolute atomic E-state index is 14.5. The highest BCUT2D eigenvalue weighted by Crippen LogP contribution is 2.50. The molecule has 2 amide bonds. The van der Waals surface area contributed by atoms with Crippen LogP contribution in [-0.2, 0) is 7.22 Å². The Hall–Kier alpha value is -1.01. The van der Waals surface area contributed by atoms with Gasteiger partial charge in [0.1, 0.15) is 0 Å². The number of pyridine rings is 1. The zero-order valence-corrected chi connectivity index (χ0v) is 25.6. The van der Waals surface area contributed by atoms with Crippen LogP contribution in [0, 0.1) is 12.8 Å². The van der Waals surface area contributed by atoms with Crippen LogP contribution < -0.4 is 4.90 Å². The van der Waals surface area contributed by atoms with Crippen molar-refractivity contribution in [3.63, 3.8) is 0 Å². The van der Waals surface area contributed by atoms with E-state index < -0.39 is 1.68 Å². The van der Waals surface area contributed by atoms with Gasteiger partial charge >= 0.3 is 6.03 Å². The summed E-state index contributed by atoms with van der Waals surface area (Å²) in [6.45, 7) is 3.48. The van der Waals surface area contributed by atoms with Crippen molar-refractivity contribution in [1.29, 1.82) is 0 Å². The number of rotatable bonds is 6. The van der Waals surface area contributed by atoms with Crippen LogP contribution >= 0.6 is 45.2 Å². The van der Waals surface area contributed by atoms with Gasteiger partial charge in [-0.15, -0.1) is 0 Å². The smallest absolute Gasteiger partial charge is 0.317 e. The molecule has 1 aromatic carbocycles. The summed E-state index contributed by atoms with van der Waals surface area (Å²) < 4.78 is 13.0. The zero-order valence-electron chi connectivity index (χ0n) is 21.3. The predicted octanol–water partition coefficient (Wildman–Crippen LogP) is 7.15. The number of urea groups is 1. The van der Waals surface area contributed by atoms with E-state index in [1.165, 1.54) is 24.8 Å². The number of aromatic nitrogens is 1. The van der Waals surface area contributed by atoms with E-state index in [1.54, 1.807) is 57.4 Å². The first-order valence-electron chi connectivity index (χ1n) is 12.9. The minimum atomic E-state index is -1.57. The number of carbonyl (C=O) groups is 1. The molecule has 8 heteroatoms. The summed E-state index contributed by atoms with van der Waals surface area (Å²) in [6, 6.07) is 12.7. The third-order valence-corrected chi connectivity index (χ3v) is 10.1. The third kappa shape index (κ3) is 4.67. The summed E-state index contributed by atoms with van der Waals surface area (Å²) in [5, 5.41) is 0. The topological polar surface area (TPSA) is 39.7 Å². The van der Waals surface area contributed by atoms with Gasteiger partial charge in [0.15, 0.2) is 0 Å². The van der Waals surface area contributed by atoms with Crippen molar-refractivity contribution in [3.8, 4) is 0 Å². The van der Waals surface area contributed by atoms with Crippen LogP contribution in [0.5, 0.6) is 0 Å². The first-order chi connectivity index (χ1) is 17.1. The summed E-state index contributed by atoms with van der Waals surface area (Å²) in [5.41, 5.74) is 3.25. The minimum absolute atomic E-state index is 0.0186. The largest absolute Gasteiger partial charge is 0.325 e. The molecule has 0 atom stereocenters. The van der Waals surface area contributed by atoms with Gasteiger partial charge in [0.25, 0.3) is 1.68 Å². The first-order valence-corrected chi connectivity index (χ1v) is 15.1. The quantitative estimate of drug-likeness (QED) is 0.236. The Morgan fingerprint density at radius 2 is 1.81 bits per heavy atom. The molecule has 5 nitrogen and oxygen atoms in total. The number of benzene rings is 1. The molecule has 0 bridgehead atoms. The molecular weight excluding hydrogens is 681 g/mol. The van der Waals surface area contributed by atoms with Crippen LogP contribution in [0.1, 0.15) is 61.8 Å². The van der Waals surface area contributed by atoms with Gasteiger partial charge in [-0.05, 0) is 128 Å². The summed E-state index contributed by atoms with van der Waals surface area (Å²) in [4.78, 5) is 24.9. The van der Waals surface area contributed by atoms with Gasteiger partial charge in [0.05, 0.1) is 29.7 Å². The Labute approximate surface area is 241 Å². The second-order valence-corrected chi connectivity index (χ2v) is 16.2. The van der Waals surface area contributed by atoms with E-state index in [0.29, 0.717) is 18.2 Å². The fourth-order valence-corrected chi connectivity index (χ4v) is 7.07. The van der Waals surface area contributed by atoms with Crippen molar-refractivity contribution in [2.24, 2.45) is 5.92 Å². The number of aryl methyl sites for hydroxylation is 1. The van der Waals surface area contributed by atoms with Crippen LogP contribution in [0.3, 0.4) is 0 Å². The molecule has 2 aliphatic carbocycles. The van der Waals surface area contributed by atoms with Gasteiger partial charge in [-0.25, -0.2) is 9.18 Å². The standard InChI is InChI=1S/C28H35FI2N4O/c1-20-16-24(28(29,30)31)32-17-23(20)34-19-26(35(25(34)36)18-21-8-7-9-21)12-14-27(15-13-26,33(2)3)22-10-5-4-6-11-22/h4-6,10-11,16-17,21H,7-9,12-15,18-19H2,1-3H3. The van der Waals surface area contributed by atoms with E-state index >= 15 is 0 Å². The Morgan fingerprint density at radius 3 is 2.33 bits per heavy atom. The van der Waals surface area contributed by atoms with Crippen molar-refractivity contribution in [1.82, 2.24) is 14.8 Å². The summed E-state index contributed by atoms with van der Waals surface area (Å²) >= 11 is 3.52. The number of alkyl halides is 3. The fourth-order valence-electron chi connectivity index (χ4n) is 6.48. The molecule has 36 heavy (non-hydrogen) atoms. The van der Waals surface area contributed by atoms with Crippen LogP contribution in [-0.4, -0.2) is 53.5 Å². The highest BCUT2D eigenvalue weighted by atomic mass is 127. The SMILES string of the molecule is Cc1cc(C(F)(I)I)ncc1N1CC2(CCC(c3ccccc3)(N(C)C)CC2)N(CC2CCC2)C1=O. The van der Waals surface area contributed by atoms with Gasteiger partial charge in [0, 0.05) is 12.1 Å². The third-order valence-electron chi connectivity index (χ3n) is 8.99. The first kappa shape index (κ1) is 26.6. The average molecular weight is 716 g/mol. The molecule has 1 spiro atoms. The van der Waals surface area contributed by atoms with E-state index in [0.717, 1.165) is 43.5 Å². The molecule has 3 fully saturated rings. The van der Waals surface area contributed by atoms with Gasteiger partial charge in [-0.1, -0.05) is 36.8 Å². The summed E-state index contributed by atoms with van der Waals surface area (Å²) in [5.74, 6) is 0.604. The van der Waals surface area contributed by atoms with E-state index in [-0.39, 0.29) is 17.1 Å². The summed E-state index contributed by atoms with van der Waals surface area (Å²) in [7, 11) is 4.37. The average Bonchev–Trinajstić information content (AvgIpc) is 3.07. The number of nitrogens with zero attached hydrogens (tertiary/aromatic N) is 4. The number of amides is 2. The fraction of sp³-hybridized carbons (Fsp3) is 0.571. The van der Waals surface area contributed by atoms with Crippen LogP contribution in [0.4, 0.5) is 14.9 Å². The zero-order chi connectivity index (χ0) is 25.7. The van der Waals surface area contributed by atoms with E-state index in [9.17, 15) is 9.18 Å². The number of hydrogen-bond donors (Lipinski definition) is 0. The maximum atomic E-state index is 14.5. The van der Waals surface area contributed by atoms with Crippen molar-refractivity contribution in [3.05, 3.63) is 59.4 Å². The molecule has 0 N–H and O–H groups in total. The molecule has 1 aromatic heterocycles. The maximum Gasteiger partial charge on any atom is 0.325 e. The normalized spacial score (nSPS) is 27.2. The van der Waals surface area contributed by atoms with Gasteiger partial charge in [-0.2, -0.15) is 0 Å². The number of hydrogen-bond acceptors (Lipinski definition) is 3. The second-order valence-electron chi connectivity index (χ2n) is 11.1. The Morgan fingerprint density at radius 1 is 1.14 bits per heavy atom. The molecule has 5 rings (SSSR count). The number of carbonyl (C=O) groups excluding carboxylic acids is 1. The predicted molar refractivity (Wildman–Crippen MR) is 160 cm³/mol. The molecule has 2 saturated carbocycles. The Bertz CT molecular complexity index is 1110. The highest BCUT2D eigenvalue weighted by molar-refractivity contribution is 14.2. The van der Waals surface area contributed by atoms with Crippen molar-refractivity contribution in [2.75, 3.05) is 32.1 Å². The number of anilines is 1. The second kappa shape index (κ2) is 9.94. The van der Waals surface area contributed by atoms with Crippen LogP contribution in [0.2, 0.25) is 0 Å². The van der Waals surface area contributed by atoms with Crippen molar-refractivity contribution < 1.29 is 9.18 Å². The monoisotopic (exact) mass is 716 g/mol. The lowest BCUT2D eigenvalue weighted by atomic mass is 9.68. The van der Waals surface area contributed by atoms with Crippen LogP contribution in [0.25, 0.3) is 0 Å². The molecular formula is C28H35FI2N4O. The molecule has 0 unspecified atom stereocenters. The lowest BCUT2D eigenvalue weighted by Crippen LogP contribution is -2.56. The number of halogens is 3. The molecule has 1 aliphatic heterocycles. The molecule has 1 saturated heterocycles. The van der Waals surface area contributed by atoms with E-state index in [2.05, 4.69) is 59.2 Å². The van der Waals surface area contributed by atoms with Crippen molar-refractivity contribution >= 4 is 56.9 Å². The minimum Gasteiger partial charge on any atom is -0.317 e. The molecule has 3 aliphatic rings. The van der Waals surface area contributed by atoms with E-state index in [1.807, 2.05) is 11.8 Å². The van der Waals surface area contributed by atoms with Gasteiger partial charge in [0.2, 0.25) is 0 Å². The summed E-state index contributed by atoms with van der Waals surface area (Å²) in [6.07, 6.45) is 9.35. The highest BCUT2D eigenvalue weighted by Gasteiger charge is 2.55. The molecule has 2 aromatic rings. The lowest BCUT2D eigenvalue weighted by molar-refractivity contribution is 0.0172.